The van der Waals surface area contributed by atoms with Crippen LogP contribution in [0.4, 0.5) is 0 Å². The highest BCUT2D eigenvalue weighted by Crippen LogP contribution is 2.27. The van der Waals surface area contributed by atoms with Gasteiger partial charge in [-0.25, -0.2) is 0 Å². The molecular weight excluding hydrogens is 402 g/mol. The molecule has 0 aliphatic carbocycles. The largest absolute Gasteiger partial charge is 0.489 e. The number of rotatable bonds is 10. The predicted octanol–water partition coefficient (Wildman–Crippen LogP) is 3.38. The summed E-state index contributed by atoms with van der Waals surface area (Å²) in [5.74, 6) is 0.668. The Morgan fingerprint density at radius 1 is 1.12 bits per heavy atom. The molecule has 32 heavy (non-hydrogen) atoms. The Labute approximate surface area is 191 Å². The van der Waals surface area contributed by atoms with Crippen LogP contribution < -0.4 is 10.1 Å². The van der Waals surface area contributed by atoms with Gasteiger partial charge in [-0.15, -0.1) is 0 Å². The molecule has 0 saturated heterocycles. The Balaban J connectivity index is 1.62. The SMILES string of the molecule is CC(C)N(CCNC(=O)C1Cc2cc(OCc3ccccc3)ccc2CN1C=O)C(C)C. The summed E-state index contributed by atoms with van der Waals surface area (Å²) in [5, 5.41) is 3.04. The molecule has 1 N–H and O–H groups in total. The molecule has 0 spiro atoms. The van der Waals surface area contributed by atoms with Gasteiger partial charge in [0, 0.05) is 38.1 Å². The number of hydrogen-bond donors (Lipinski definition) is 1. The van der Waals surface area contributed by atoms with Crippen molar-refractivity contribution in [1.82, 2.24) is 15.1 Å². The summed E-state index contributed by atoms with van der Waals surface area (Å²) in [6, 6.07) is 16.3. The van der Waals surface area contributed by atoms with Crippen LogP contribution >= 0.6 is 0 Å². The smallest absolute Gasteiger partial charge is 0.243 e. The monoisotopic (exact) mass is 437 g/mol. The zero-order valence-corrected chi connectivity index (χ0v) is 19.6. The van der Waals surface area contributed by atoms with Gasteiger partial charge in [-0.1, -0.05) is 36.4 Å². The van der Waals surface area contributed by atoms with Gasteiger partial charge in [0.05, 0.1) is 0 Å². The van der Waals surface area contributed by atoms with E-state index >= 15 is 0 Å². The molecular formula is C26H35N3O3. The first-order chi connectivity index (χ1) is 15.4. The first-order valence-electron chi connectivity index (χ1n) is 11.4. The molecule has 1 atom stereocenters. The number of nitrogens with zero attached hydrogens (tertiary/aromatic N) is 2. The summed E-state index contributed by atoms with van der Waals surface area (Å²) in [6.07, 6.45) is 1.27. The maximum Gasteiger partial charge on any atom is 0.243 e. The standard InChI is InChI=1S/C26H35N3O3/c1-19(2)29(20(3)4)13-12-27-26(31)25-15-23-14-24(11-10-22(23)16-28(25)18-30)32-17-21-8-6-5-7-9-21/h5-11,14,18-20,25H,12-13,15-17H2,1-4H3,(H,27,31). The highest BCUT2D eigenvalue weighted by atomic mass is 16.5. The van der Waals surface area contributed by atoms with Gasteiger partial charge in [-0.05, 0) is 56.5 Å². The van der Waals surface area contributed by atoms with Gasteiger partial charge in [0.1, 0.15) is 18.4 Å². The van der Waals surface area contributed by atoms with E-state index in [1.165, 1.54) is 0 Å². The first-order valence-corrected chi connectivity index (χ1v) is 11.4. The van der Waals surface area contributed by atoms with E-state index < -0.39 is 6.04 Å². The van der Waals surface area contributed by atoms with Crippen molar-refractivity contribution in [3.63, 3.8) is 0 Å². The molecule has 1 heterocycles. The summed E-state index contributed by atoms with van der Waals surface area (Å²) in [7, 11) is 0. The second-order valence-corrected chi connectivity index (χ2v) is 8.92. The number of nitrogens with one attached hydrogen (secondary N) is 1. The number of fused-ring (bicyclic) bond motifs is 1. The highest BCUT2D eigenvalue weighted by Gasteiger charge is 2.31. The first kappa shape index (κ1) is 23.8. The summed E-state index contributed by atoms with van der Waals surface area (Å²) in [6.45, 7) is 10.9. The number of hydrogen-bond acceptors (Lipinski definition) is 4. The third kappa shape index (κ3) is 6.10. The highest BCUT2D eigenvalue weighted by molar-refractivity contribution is 5.84. The van der Waals surface area contributed by atoms with Crippen molar-refractivity contribution in [2.75, 3.05) is 13.1 Å². The summed E-state index contributed by atoms with van der Waals surface area (Å²) >= 11 is 0. The van der Waals surface area contributed by atoms with E-state index in [9.17, 15) is 9.59 Å². The van der Waals surface area contributed by atoms with Crippen LogP contribution in [0.1, 0.15) is 44.4 Å². The second-order valence-electron chi connectivity index (χ2n) is 8.92. The van der Waals surface area contributed by atoms with E-state index in [2.05, 4.69) is 37.9 Å². The maximum absolute atomic E-state index is 12.9. The number of carbonyl (C=O) groups excluding carboxylic acids is 2. The molecule has 0 radical (unpaired) electrons. The lowest BCUT2D eigenvalue weighted by Gasteiger charge is -2.34. The fraction of sp³-hybridized carbons (Fsp3) is 0.462. The average molecular weight is 438 g/mol. The molecule has 0 aromatic heterocycles. The molecule has 1 unspecified atom stereocenters. The molecule has 0 saturated carbocycles. The fourth-order valence-electron chi connectivity index (χ4n) is 4.30. The average Bonchev–Trinajstić information content (AvgIpc) is 2.79. The van der Waals surface area contributed by atoms with Crippen LogP contribution in [0.25, 0.3) is 0 Å². The quantitative estimate of drug-likeness (QED) is 0.579. The summed E-state index contributed by atoms with van der Waals surface area (Å²) < 4.78 is 5.95. The normalized spacial score (nSPS) is 15.7. The van der Waals surface area contributed by atoms with Crippen molar-refractivity contribution < 1.29 is 14.3 Å². The van der Waals surface area contributed by atoms with Gasteiger partial charge in [-0.3, -0.25) is 14.5 Å². The Hall–Kier alpha value is -2.86. The summed E-state index contributed by atoms with van der Waals surface area (Å²) in [4.78, 5) is 28.5. The predicted molar refractivity (Wildman–Crippen MR) is 126 cm³/mol. The Bertz CT molecular complexity index is 890. The minimum Gasteiger partial charge on any atom is -0.489 e. The van der Waals surface area contributed by atoms with Gasteiger partial charge in [0.25, 0.3) is 0 Å². The van der Waals surface area contributed by atoms with E-state index in [-0.39, 0.29) is 5.91 Å². The third-order valence-corrected chi connectivity index (χ3v) is 6.03. The molecule has 3 rings (SSSR count). The van der Waals surface area contributed by atoms with Crippen molar-refractivity contribution in [3.8, 4) is 5.75 Å². The van der Waals surface area contributed by atoms with Crippen LogP contribution in [0.2, 0.25) is 0 Å². The van der Waals surface area contributed by atoms with Crippen LogP contribution in [0.5, 0.6) is 5.75 Å². The number of amides is 2. The minimum absolute atomic E-state index is 0.106. The van der Waals surface area contributed by atoms with Crippen molar-refractivity contribution in [2.45, 2.75) is 65.4 Å². The van der Waals surface area contributed by atoms with Crippen LogP contribution in [0, 0.1) is 0 Å². The molecule has 6 nitrogen and oxygen atoms in total. The van der Waals surface area contributed by atoms with Crippen LogP contribution in [-0.2, 0) is 29.2 Å². The lowest BCUT2D eigenvalue weighted by Crippen LogP contribution is -2.51. The van der Waals surface area contributed by atoms with Crippen molar-refractivity contribution in [1.29, 1.82) is 0 Å². The topological polar surface area (TPSA) is 61.9 Å². The van der Waals surface area contributed by atoms with Gasteiger partial charge in [0.2, 0.25) is 12.3 Å². The molecule has 1 aliphatic rings. The van der Waals surface area contributed by atoms with Gasteiger partial charge >= 0.3 is 0 Å². The number of benzene rings is 2. The van der Waals surface area contributed by atoms with E-state index in [1.54, 1.807) is 4.90 Å². The van der Waals surface area contributed by atoms with E-state index in [4.69, 9.17) is 4.74 Å². The van der Waals surface area contributed by atoms with Crippen molar-refractivity contribution >= 4 is 12.3 Å². The Morgan fingerprint density at radius 2 is 1.84 bits per heavy atom. The molecule has 6 heteroatoms. The van der Waals surface area contributed by atoms with Gasteiger partial charge in [-0.2, -0.15) is 0 Å². The van der Waals surface area contributed by atoms with Crippen LogP contribution in [0.15, 0.2) is 48.5 Å². The number of ether oxygens (including phenoxy) is 1. The Morgan fingerprint density at radius 3 is 2.50 bits per heavy atom. The van der Waals surface area contributed by atoms with Crippen molar-refractivity contribution in [2.24, 2.45) is 0 Å². The summed E-state index contributed by atoms with van der Waals surface area (Å²) in [5.41, 5.74) is 3.21. The lowest BCUT2D eigenvalue weighted by atomic mass is 9.93. The third-order valence-electron chi connectivity index (χ3n) is 6.03. The lowest BCUT2D eigenvalue weighted by molar-refractivity contribution is -0.134. The zero-order valence-electron chi connectivity index (χ0n) is 19.6. The second kappa shape index (κ2) is 11.1. The van der Waals surface area contributed by atoms with Crippen LogP contribution in [-0.4, -0.2) is 53.3 Å². The van der Waals surface area contributed by atoms with Crippen LogP contribution in [0.3, 0.4) is 0 Å². The minimum atomic E-state index is -0.504. The van der Waals surface area contributed by atoms with E-state index in [0.717, 1.165) is 35.4 Å². The molecule has 2 aromatic rings. The van der Waals surface area contributed by atoms with Gasteiger partial charge in [0.15, 0.2) is 0 Å². The van der Waals surface area contributed by atoms with Gasteiger partial charge < -0.3 is 15.0 Å². The molecule has 2 amide bonds. The molecule has 172 valence electrons. The maximum atomic E-state index is 12.9. The van der Waals surface area contributed by atoms with Crippen molar-refractivity contribution in [3.05, 3.63) is 65.2 Å². The van der Waals surface area contributed by atoms with E-state index in [1.807, 2.05) is 48.5 Å². The Kier molecular flexibility index (Phi) is 8.28. The fourth-order valence-corrected chi connectivity index (χ4v) is 4.30. The molecule has 2 aromatic carbocycles. The molecule has 0 bridgehead atoms. The number of carbonyl (C=O) groups is 2. The van der Waals surface area contributed by atoms with E-state index in [0.29, 0.717) is 38.2 Å². The molecule has 1 aliphatic heterocycles. The molecule has 0 fully saturated rings. The zero-order chi connectivity index (χ0) is 23.1.